The van der Waals surface area contributed by atoms with Crippen molar-refractivity contribution in [2.45, 2.75) is 12.8 Å². The molecule has 5 nitrogen and oxygen atoms in total. The molecule has 0 aliphatic heterocycles. The van der Waals surface area contributed by atoms with Crippen molar-refractivity contribution in [2.24, 2.45) is 0 Å². The molecule has 0 amide bonds. The lowest BCUT2D eigenvalue weighted by atomic mass is 10.3. The summed E-state index contributed by atoms with van der Waals surface area (Å²) in [4.78, 5) is 15.4. The van der Waals surface area contributed by atoms with Crippen molar-refractivity contribution < 1.29 is 14.6 Å². The quantitative estimate of drug-likeness (QED) is 0.798. The second-order valence-electron chi connectivity index (χ2n) is 3.75. The van der Waals surface area contributed by atoms with Crippen LogP contribution in [0.25, 0.3) is 5.52 Å². The molecule has 0 atom stereocenters. The van der Waals surface area contributed by atoms with Crippen molar-refractivity contribution in [2.75, 3.05) is 13.7 Å². The molecule has 0 saturated heterocycles. The minimum Gasteiger partial charge on any atom is -0.477 e. The number of carbonyl (C=O) groups is 1. The van der Waals surface area contributed by atoms with Gasteiger partial charge in [-0.1, -0.05) is 6.07 Å². The lowest BCUT2D eigenvalue weighted by Gasteiger charge is -2.05. The number of pyridine rings is 1. The topological polar surface area (TPSA) is 63.8 Å². The van der Waals surface area contributed by atoms with E-state index in [4.69, 9.17) is 9.84 Å². The number of ether oxygens (including phenoxy) is 1. The molecule has 0 aliphatic rings. The molecule has 90 valence electrons. The Balaban J connectivity index is 2.39. The molecule has 1 N–H and O–H groups in total. The predicted octanol–water partition coefficient (Wildman–Crippen LogP) is 1.61. The summed E-state index contributed by atoms with van der Waals surface area (Å²) in [6.45, 7) is 0.643. The van der Waals surface area contributed by atoms with E-state index in [1.165, 1.54) is 0 Å². The third-order valence-corrected chi connectivity index (χ3v) is 2.59. The maximum absolute atomic E-state index is 11.1. The van der Waals surface area contributed by atoms with Crippen molar-refractivity contribution in [3.8, 4) is 0 Å². The molecular formula is C12H14N2O3. The van der Waals surface area contributed by atoms with Gasteiger partial charge in [-0.2, -0.15) is 0 Å². The maximum atomic E-state index is 11.1. The predicted molar refractivity (Wildman–Crippen MR) is 62.3 cm³/mol. The van der Waals surface area contributed by atoms with Crippen LogP contribution in [0.3, 0.4) is 0 Å². The minimum atomic E-state index is -0.943. The van der Waals surface area contributed by atoms with Gasteiger partial charge in [0.1, 0.15) is 11.5 Å². The van der Waals surface area contributed by atoms with Crippen LogP contribution >= 0.6 is 0 Å². The van der Waals surface area contributed by atoms with Gasteiger partial charge in [-0.05, 0) is 18.6 Å². The van der Waals surface area contributed by atoms with Crippen LogP contribution in [0.5, 0.6) is 0 Å². The molecular weight excluding hydrogens is 220 g/mol. The summed E-state index contributed by atoms with van der Waals surface area (Å²) in [6.07, 6.45) is 3.21. The molecule has 2 rings (SSSR count). The van der Waals surface area contributed by atoms with Crippen LogP contribution in [0.4, 0.5) is 0 Å². The number of hydrogen-bond acceptors (Lipinski definition) is 3. The van der Waals surface area contributed by atoms with Crippen molar-refractivity contribution >= 4 is 11.5 Å². The molecule has 0 aromatic carbocycles. The molecule has 17 heavy (non-hydrogen) atoms. The van der Waals surface area contributed by atoms with Crippen molar-refractivity contribution in [3.05, 3.63) is 35.9 Å². The monoisotopic (exact) mass is 234 g/mol. The summed E-state index contributed by atoms with van der Waals surface area (Å²) < 4.78 is 6.66. The third kappa shape index (κ3) is 2.29. The number of rotatable bonds is 5. The normalized spacial score (nSPS) is 10.9. The van der Waals surface area contributed by atoms with E-state index in [2.05, 4.69) is 4.98 Å². The molecule has 5 heteroatoms. The van der Waals surface area contributed by atoms with Gasteiger partial charge in [0.15, 0.2) is 0 Å². The number of carboxylic acid groups (broad SMARTS) is 1. The van der Waals surface area contributed by atoms with Crippen molar-refractivity contribution in [1.29, 1.82) is 0 Å². The summed E-state index contributed by atoms with van der Waals surface area (Å²) in [6, 6.07) is 5.15. The zero-order valence-corrected chi connectivity index (χ0v) is 9.59. The van der Waals surface area contributed by atoms with E-state index in [0.717, 1.165) is 17.8 Å². The first kappa shape index (κ1) is 11.6. The van der Waals surface area contributed by atoms with E-state index in [0.29, 0.717) is 13.0 Å². The van der Waals surface area contributed by atoms with Gasteiger partial charge in [0.2, 0.25) is 0 Å². The Morgan fingerprint density at radius 1 is 1.53 bits per heavy atom. The SMILES string of the molecule is COCCCc1ncc2cccc(C(=O)O)n12. The number of nitrogens with zero attached hydrogens (tertiary/aromatic N) is 2. The molecule has 2 aromatic rings. The van der Waals surface area contributed by atoms with E-state index in [1.54, 1.807) is 29.8 Å². The molecule has 2 aromatic heterocycles. The Labute approximate surface area is 98.7 Å². The van der Waals surface area contributed by atoms with Crippen LogP contribution in [0, 0.1) is 0 Å². The smallest absolute Gasteiger partial charge is 0.352 e. The second kappa shape index (κ2) is 4.97. The van der Waals surface area contributed by atoms with Crippen LogP contribution in [-0.2, 0) is 11.2 Å². The standard InChI is InChI=1S/C12H14N2O3/c1-17-7-3-6-11-13-8-9-4-2-5-10(12(15)16)14(9)11/h2,4-5,8H,3,6-7H2,1H3,(H,15,16). The number of aromatic carboxylic acids is 1. The van der Waals surface area contributed by atoms with Gasteiger partial charge in [0.05, 0.1) is 11.7 Å². The van der Waals surface area contributed by atoms with E-state index in [1.807, 2.05) is 6.07 Å². The molecule has 0 unspecified atom stereocenters. The van der Waals surface area contributed by atoms with E-state index in [9.17, 15) is 4.79 Å². The molecule has 0 aliphatic carbocycles. The lowest BCUT2D eigenvalue weighted by Crippen LogP contribution is -2.08. The molecule has 0 spiro atoms. The molecule has 2 heterocycles. The summed E-state index contributed by atoms with van der Waals surface area (Å²) >= 11 is 0. The molecule has 0 fully saturated rings. The number of methoxy groups -OCH3 is 1. The average Bonchev–Trinajstić information content (AvgIpc) is 2.73. The largest absolute Gasteiger partial charge is 0.477 e. The summed E-state index contributed by atoms with van der Waals surface area (Å²) in [5, 5.41) is 9.12. The number of hydrogen-bond donors (Lipinski definition) is 1. The first-order chi connectivity index (χ1) is 8.24. The van der Waals surface area contributed by atoms with Gasteiger partial charge in [-0.3, -0.25) is 4.40 Å². The summed E-state index contributed by atoms with van der Waals surface area (Å²) in [5.41, 5.74) is 1.05. The summed E-state index contributed by atoms with van der Waals surface area (Å²) in [5.74, 6) is -0.184. The van der Waals surface area contributed by atoms with Gasteiger partial charge in [0.25, 0.3) is 0 Å². The highest BCUT2D eigenvalue weighted by Gasteiger charge is 2.12. The van der Waals surface area contributed by atoms with Crippen LogP contribution in [-0.4, -0.2) is 34.2 Å². The fourth-order valence-electron chi connectivity index (χ4n) is 1.83. The lowest BCUT2D eigenvalue weighted by molar-refractivity contribution is 0.0688. The number of aromatic nitrogens is 2. The molecule has 0 bridgehead atoms. The number of aryl methyl sites for hydroxylation is 1. The van der Waals surface area contributed by atoms with Gasteiger partial charge in [-0.25, -0.2) is 9.78 Å². The van der Waals surface area contributed by atoms with E-state index < -0.39 is 5.97 Å². The van der Waals surface area contributed by atoms with Crippen molar-refractivity contribution in [3.63, 3.8) is 0 Å². The molecule has 0 radical (unpaired) electrons. The first-order valence-corrected chi connectivity index (χ1v) is 5.41. The number of imidazole rings is 1. The van der Waals surface area contributed by atoms with Crippen LogP contribution in [0.2, 0.25) is 0 Å². The Kier molecular flexibility index (Phi) is 3.39. The number of fused-ring (bicyclic) bond motifs is 1. The van der Waals surface area contributed by atoms with E-state index in [-0.39, 0.29) is 5.69 Å². The highest BCUT2D eigenvalue weighted by molar-refractivity contribution is 5.86. The maximum Gasteiger partial charge on any atom is 0.352 e. The van der Waals surface area contributed by atoms with E-state index >= 15 is 0 Å². The third-order valence-electron chi connectivity index (χ3n) is 2.59. The van der Waals surface area contributed by atoms with Crippen LogP contribution < -0.4 is 0 Å². The fourth-order valence-corrected chi connectivity index (χ4v) is 1.83. The van der Waals surface area contributed by atoms with Gasteiger partial charge in [0, 0.05) is 20.1 Å². The fraction of sp³-hybridized carbons (Fsp3) is 0.333. The zero-order valence-electron chi connectivity index (χ0n) is 9.59. The van der Waals surface area contributed by atoms with Crippen LogP contribution in [0.15, 0.2) is 24.4 Å². The van der Waals surface area contributed by atoms with Gasteiger partial charge in [-0.15, -0.1) is 0 Å². The summed E-state index contributed by atoms with van der Waals surface area (Å²) in [7, 11) is 1.65. The minimum absolute atomic E-state index is 0.243. The Bertz CT molecular complexity index is 534. The Morgan fingerprint density at radius 3 is 3.06 bits per heavy atom. The second-order valence-corrected chi connectivity index (χ2v) is 3.75. The van der Waals surface area contributed by atoms with Crippen LogP contribution in [0.1, 0.15) is 22.7 Å². The number of carboxylic acids is 1. The Morgan fingerprint density at radius 2 is 2.35 bits per heavy atom. The molecule has 0 saturated carbocycles. The van der Waals surface area contributed by atoms with Gasteiger partial charge >= 0.3 is 5.97 Å². The van der Waals surface area contributed by atoms with Gasteiger partial charge < -0.3 is 9.84 Å². The Hall–Kier alpha value is -1.88. The average molecular weight is 234 g/mol. The highest BCUT2D eigenvalue weighted by atomic mass is 16.5. The highest BCUT2D eigenvalue weighted by Crippen LogP contribution is 2.12. The zero-order chi connectivity index (χ0) is 12.3. The van der Waals surface area contributed by atoms with Crippen molar-refractivity contribution in [1.82, 2.24) is 9.38 Å². The first-order valence-electron chi connectivity index (χ1n) is 5.41.